The highest BCUT2D eigenvalue weighted by Gasteiger charge is 2.13. The summed E-state index contributed by atoms with van der Waals surface area (Å²) >= 11 is 0. The Bertz CT molecular complexity index is 425. The molecule has 18 heavy (non-hydrogen) atoms. The van der Waals surface area contributed by atoms with Crippen molar-refractivity contribution in [1.82, 2.24) is 0 Å². The van der Waals surface area contributed by atoms with Crippen LogP contribution in [-0.2, 0) is 9.53 Å². The Morgan fingerprint density at radius 3 is 1.83 bits per heavy atom. The van der Waals surface area contributed by atoms with Gasteiger partial charge in [0.25, 0.3) is 6.47 Å². The molecule has 0 N–H and O–H groups in total. The van der Waals surface area contributed by atoms with Crippen molar-refractivity contribution in [3.05, 3.63) is 71.8 Å². The first kappa shape index (κ1) is 12.4. The quantitative estimate of drug-likeness (QED) is 0.571. The topological polar surface area (TPSA) is 26.3 Å². The lowest BCUT2D eigenvalue weighted by Gasteiger charge is -2.17. The molecule has 0 spiro atoms. The molecule has 2 aromatic rings. The highest BCUT2D eigenvalue weighted by molar-refractivity contribution is 5.37. The van der Waals surface area contributed by atoms with Gasteiger partial charge in [0.2, 0.25) is 0 Å². The predicted molar refractivity (Wildman–Crippen MR) is 71.4 cm³/mol. The van der Waals surface area contributed by atoms with E-state index in [2.05, 4.69) is 24.3 Å². The fraction of sp³-hybridized carbons (Fsp3) is 0.188. The zero-order chi connectivity index (χ0) is 12.6. The third-order valence-corrected chi connectivity index (χ3v) is 3.00. The van der Waals surface area contributed by atoms with Gasteiger partial charge < -0.3 is 4.74 Å². The smallest absolute Gasteiger partial charge is 0.293 e. The lowest BCUT2D eigenvalue weighted by Crippen LogP contribution is -2.05. The monoisotopic (exact) mass is 240 g/mol. The van der Waals surface area contributed by atoms with Crippen LogP contribution in [0.3, 0.4) is 0 Å². The standard InChI is InChI=1S/C16H16O2/c17-13-18-12-11-16(14-7-3-1-4-8-14)15-9-5-2-6-10-15/h1-10,13,16H,11-12H2. The summed E-state index contributed by atoms with van der Waals surface area (Å²) in [4.78, 5) is 10.2. The second kappa shape index (κ2) is 6.60. The molecule has 2 rings (SSSR count). The maximum Gasteiger partial charge on any atom is 0.293 e. The number of carbonyl (C=O) groups excluding carboxylic acids is 1. The van der Waals surface area contributed by atoms with Crippen molar-refractivity contribution >= 4 is 6.47 Å². The van der Waals surface area contributed by atoms with Crippen molar-refractivity contribution in [2.75, 3.05) is 6.61 Å². The van der Waals surface area contributed by atoms with E-state index in [-0.39, 0.29) is 5.92 Å². The van der Waals surface area contributed by atoms with Crippen molar-refractivity contribution < 1.29 is 9.53 Å². The molecule has 92 valence electrons. The molecule has 0 radical (unpaired) electrons. The Morgan fingerprint density at radius 1 is 0.889 bits per heavy atom. The van der Waals surface area contributed by atoms with Crippen LogP contribution in [0, 0.1) is 0 Å². The van der Waals surface area contributed by atoms with Crippen LogP contribution >= 0.6 is 0 Å². The first-order valence-electron chi connectivity index (χ1n) is 6.07. The molecular weight excluding hydrogens is 224 g/mol. The summed E-state index contributed by atoms with van der Waals surface area (Å²) in [7, 11) is 0. The van der Waals surface area contributed by atoms with Crippen LogP contribution in [0.1, 0.15) is 23.5 Å². The minimum atomic E-state index is 0.271. The molecule has 0 aliphatic heterocycles. The Kier molecular flexibility index (Phi) is 4.53. The molecule has 2 aromatic carbocycles. The molecule has 2 nitrogen and oxygen atoms in total. The van der Waals surface area contributed by atoms with Gasteiger partial charge >= 0.3 is 0 Å². The molecule has 0 amide bonds. The number of benzene rings is 2. The third kappa shape index (κ3) is 3.20. The molecule has 0 aromatic heterocycles. The van der Waals surface area contributed by atoms with E-state index in [0.29, 0.717) is 13.1 Å². The Morgan fingerprint density at radius 2 is 1.39 bits per heavy atom. The minimum absolute atomic E-state index is 0.271. The number of hydrogen-bond donors (Lipinski definition) is 0. The van der Waals surface area contributed by atoms with Crippen molar-refractivity contribution in [2.45, 2.75) is 12.3 Å². The fourth-order valence-corrected chi connectivity index (χ4v) is 2.13. The van der Waals surface area contributed by atoms with E-state index in [1.807, 2.05) is 36.4 Å². The third-order valence-electron chi connectivity index (χ3n) is 3.00. The van der Waals surface area contributed by atoms with Gasteiger partial charge in [0.15, 0.2) is 0 Å². The van der Waals surface area contributed by atoms with Crippen LogP contribution < -0.4 is 0 Å². The maximum absolute atomic E-state index is 10.2. The SMILES string of the molecule is O=COCCC(c1ccccc1)c1ccccc1. The lowest BCUT2D eigenvalue weighted by atomic mass is 9.89. The first-order chi connectivity index (χ1) is 8.92. The molecule has 0 unspecified atom stereocenters. The molecule has 0 saturated heterocycles. The van der Waals surface area contributed by atoms with Gasteiger partial charge in [-0.2, -0.15) is 0 Å². The Hall–Kier alpha value is -2.09. The Labute approximate surface area is 107 Å². The highest BCUT2D eigenvalue weighted by Crippen LogP contribution is 2.27. The summed E-state index contributed by atoms with van der Waals surface area (Å²) in [6, 6.07) is 20.6. The summed E-state index contributed by atoms with van der Waals surface area (Å²) in [5, 5.41) is 0. The van der Waals surface area contributed by atoms with E-state index in [1.54, 1.807) is 0 Å². The van der Waals surface area contributed by atoms with E-state index in [4.69, 9.17) is 4.74 Å². The highest BCUT2D eigenvalue weighted by atomic mass is 16.5. The summed E-state index contributed by atoms with van der Waals surface area (Å²) in [6.07, 6.45) is 0.798. The van der Waals surface area contributed by atoms with E-state index >= 15 is 0 Å². The average molecular weight is 240 g/mol. The van der Waals surface area contributed by atoms with Crippen molar-refractivity contribution in [3.63, 3.8) is 0 Å². The second-order valence-corrected chi connectivity index (χ2v) is 4.13. The summed E-state index contributed by atoms with van der Waals surface area (Å²) in [6.45, 7) is 0.949. The Balaban J connectivity index is 2.21. The van der Waals surface area contributed by atoms with Gasteiger partial charge in [-0.1, -0.05) is 60.7 Å². The summed E-state index contributed by atoms with van der Waals surface area (Å²) in [5.74, 6) is 0.271. The van der Waals surface area contributed by atoms with Crippen LogP contribution in [-0.4, -0.2) is 13.1 Å². The van der Waals surface area contributed by atoms with Crippen LogP contribution in [0.5, 0.6) is 0 Å². The largest absolute Gasteiger partial charge is 0.468 e. The molecule has 0 saturated carbocycles. The second-order valence-electron chi connectivity index (χ2n) is 4.13. The molecule has 0 heterocycles. The van der Waals surface area contributed by atoms with Crippen molar-refractivity contribution in [2.24, 2.45) is 0 Å². The van der Waals surface area contributed by atoms with Crippen LogP contribution in [0.4, 0.5) is 0 Å². The first-order valence-corrected chi connectivity index (χ1v) is 6.07. The zero-order valence-corrected chi connectivity index (χ0v) is 10.2. The van der Waals surface area contributed by atoms with Crippen molar-refractivity contribution in [3.8, 4) is 0 Å². The average Bonchev–Trinajstić information content (AvgIpc) is 2.46. The van der Waals surface area contributed by atoms with Gasteiger partial charge in [0, 0.05) is 5.92 Å². The normalized spacial score (nSPS) is 10.3. The molecule has 2 heteroatoms. The minimum Gasteiger partial charge on any atom is -0.468 e. The van der Waals surface area contributed by atoms with E-state index in [0.717, 1.165) is 6.42 Å². The van der Waals surface area contributed by atoms with Gasteiger partial charge in [-0.25, -0.2) is 0 Å². The predicted octanol–water partition coefficient (Wildman–Crippen LogP) is 3.38. The molecule has 0 bridgehead atoms. The number of hydrogen-bond acceptors (Lipinski definition) is 2. The van der Waals surface area contributed by atoms with Crippen LogP contribution in [0.25, 0.3) is 0 Å². The maximum atomic E-state index is 10.2. The molecule has 0 aliphatic carbocycles. The van der Waals surface area contributed by atoms with Gasteiger partial charge in [-0.05, 0) is 17.5 Å². The van der Waals surface area contributed by atoms with Gasteiger partial charge in [0.05, 0.1) is 6.61 Å². The van der Waals surface area contributed by atoms with Gasteiger partial charge in [0.1, 0.15) is 0 Å². The van der Waals surface area contributed by atoms with E-state index < -0.39 is 0 Å². The molecule has 0 fully saturated rings. The zero-order valence-electron chi connectivity index (χ0n) is 10.2. The number of carbonyl (C=O) groups is 1. The van der Waals surface area contributed by atoms with Crippen LogP contribution in [0.2, 0.25) is 0 Å². The van der Waals surface area contributed by atoms with Gasteiger partial charge in [-0.3, -0.25) is 4.79 Å². The number of ether oxygens (including phenoxy) is 1. The van der Waals surface area contributed by atoms with Gasteiger partial charge in [-0.15, -0.1) is 0 Å². The van der Waals surface area contributed by atoms with E-state index in [9.17, 15) is 4.79 Å². The summed E-state index contributed by atoms with van der Waals surface area (Å²) < 4.78 is 4.83. The molecular formula is C16H16O2. The number of rotatable bonds is 6. The van der Waals surface area contributed by atoms with E-state index in [1.165, 1.54) is 11.1 Å². The fourth-order valence-electron chi connectivity index (χ4n) is 2.13. The van der Waals surface area contributed by atoms with Crippen molar-refractivity contribution in [1.29, 1.82) is 0 Å². The lowest BCUT2D eigenvalue weighted by molar-refractivity contribution is -0.128. The van der Waals surface area contributed by atoms with Crippen LogP contribution in [0.15, 0.2) is 60.7 Å². The molecule has 0 atom stereocenters. The summed E-state index contributed by atoms with van der Waals surface area (Å²) in [5.41, 5.74) is 2.50. The molecule has 0 aliphatic rings.